The minimum absolute atomic E-state index is 0.0283. The van der Waals surface area contributed by atoms with Crippen LogP contribution in [0, 0.1) is 0 Å². The second-order valence-corrected chi connectivity index (χ2v) is 36.2. The van der Waals surface area contributed by atoms with Crippen molar-refractivity contribution < 1.29 is 37.3 Å². The van der Waals surface area contributed by atoms with Crippen LogP contribution in [0.5, 0.6) is 17.2 Å². The van der Waals surface area contributed by atoms with E-state index in [9.17, 15) is 23.1 Å². The third-order valence-corrected chi connectivity index (χ3v) is 25.7. The number of anilines is 7. The predicted molar refractivity (Wildman–Crippen MR) is 551 cm³/mol. The fourth-order valence-corrected chi connectivity index (χ4v) is 18.2. The Morgan fingerprint density at radius 1 is 0.390 bits per heavy atom. The molecule has 4 fully saturated rings. The number of benzene rings is 8. The molecule has 5 N–H and O–H groups in total. The number of aromatic nitrogens is 13. The van der Waals surface area contributed by atoms with Crippen molar-refractivity contribution in [3.63, 3.8) is 0 Å². The minimum atomic E-state index is -4.51. The number of urea groups is 1. The normalized spacial score (nSPS) is 14.0. The van der Waals surface area contributed by atoms with E-state index < -0.39 is 17.8 Å². The molecule has 17 aromatic rings. The number of aliphatic hydroxyl groups excluding tert-OH is 1. The molecule has 0 unspecified atom stereocenters. The lowest BCUT2D eigenvalue weighted by Crippen LogP contribution is -2.25. The molecule has 4 aliphatic heterocycles. The Bertz CT molecular complexity index is 6740. The molecule has 9 aromatic heterocycles. The van der Waals surface area contributed by atoms with Crippen molar-refractivity contribution in [1.29, 1.82) is 0 Å². The van der Waals surface area contributed by atoms with Crippen molar-refractivity contribution >= 4 is 69.0 Å². The van der Waals surface area contributed by atoms with Crippen LogP contribution in [0.4, 0.5) is 58.3 Å². The number of carbonyl (C=O) groups is 1. The van der Waals surface area contributed by atoms with Gasteiger partial charge in [0.25, 0.3) is 0 Å². The van der Waals surface area contributed by atoms with Gasteiger partial charge in [-0.3, -0.25) is 14.8 Å². The topological polar surface area (TPSA) is 263 Å². The lowest BCUT2D eigenvalue weighted by atomic mass is 10.1. The van der Waals surface area contributed by atoms with Crippen molar-refractivity contribution in [2.45, 2.75) is 103 Å². The SMILES string of the molecule is CN(C)c1cccc(-c2cccc3nc(Nc4ccc(CCCN5CCCC5)cc4)nn23)c1.COc1ccc(-c2cccc3nc(Cc4ccc(CCCN5CCCC5)cc4)nn23)nc1.O=C(Nc1cccc(-c2cccc3nc(Nc4ccc(OCCN5CCCC5)cc4)nn23)c1)Nc1cccc(C(F)(F)F)c1.OCc1ccc(-c2cccc3nc(Cc4ccc(OCCN5CCCC5)cc4)nn23)cc1. The molecule has 30 heteroatoms. The van der Waals surface area contributed by atoms with Gasteiger partial charge in [0.15, 0.2) is 34.2 Å². The molecule has 724 valence electrons. The first-order chi connectivity index (χ1) is 69.0. The summed E-state index contributed by atoms with van der Waals surface area (Å²) in [6.45, 7) is 15.6. The molecule has 2 amide bonds. The molecule has 0 radical (unpaired) electrons. The van der Waals surface area contributed by atoms with Crippen molar-refractivity contribution in [2.24, 2.45) is 0 Å². The maximum absolute atomic E-state index is 13.0. The third-order valence-electron chi connectivity index (χ3n) is 25.7. The molecule has 27 nitrogen and oxygen atoms in total. The maximum Gasteiger partial charge on any atom is 0.416 e. The highest BCUT2D eigenvalue weighted by Gasteiger charge is 2.31. The summed E-state index contributed by atoms with van der Waals surface area (Å²) in [5.41, 5.74) is 19.1. The van der Waals surface area contributed by atoms with Gasteiger partial charge in [-0.05, 0) is 322 Å². The van der Waals surface area contributed by atoms with Gasteiger partial charge in [-0.25, -0.2) is 32.8 Å². The molecular weight excluding hydrogens is 1780 g/mol. The summed E-state index contributed by atoms with van der Waals surface area (Å²) in [5, 5.41) is 39.9. The van der Waals surface area contributed by atoms with Crippen molar-refractivity contribution in [1.82, 2.24) is 83.0 Å². The molecule has 21 rings (SSSR count). The fourth-order valence-electron chi connectivity index (χ4n) is 18.2. The van der Waals surface area contributed by atoms with Gasteiger partial charge >= 0.3 is 12.2 Å². The van der Waals surface area contributed by atoms with Crippen molar-refractivity contribution in [3.05, 3.63) is 330 Å². The van der Waals surface area contributed by atoms with E-state index in [1.807, 2.05) is 159 Å². The highest BCUT2D eigenvalue weighted by molar-refractivity contribution is 6.00. The van der Waals surface area contributed by atoms with Gasteiger partial charge in [-0.2, -0.15) is 33.3 Å². The molecule has 141 heavy (non-hydrogen) atoms. The molecule has 4 aliphatic rings. The first-order valence-corrected chi connectivity index (χ1v) is 48.8. The largest absolute Gasteiger partial charge is 0.495 e. The number of nitrogens with one attached hydrogen (secondary N) is 4. The molecule has 8 aromatic carbocycles. The lowest BCUT2D eigenvalue weighted by Gasteiger charge is -2.15. The number of carbonyl (C=O) groups excluding carboxylic acids is 1. The van der Waals surface area contributed by atoms with Gasteiger partial charge in [-0.15, -0.1) is 10.2 Å². The predicted octanol–water partition coefficient (Wildman–Crippen LogP) is 20.9. The molecule has 0 bridgehead atoms. The number of aryl methyl sites for hydroxylation is 2. The monoisotopic (exact) mass is 1900 g/mol. The van der Waals surface area contributed by atoms with Gasteiger partial charge in [0, 0.05) is 85.2 Å². The number of nitrogens with zero attached hydrogens (tertiary/aromatic N) is 18. The van der Waals surface area contributed by atoms with Crippen molar-refractivity contribution in [3.8, 4) is 62.4 Å². The van der Waals surface area contributed by atoms with Crippen molar-refractivity contribution in [2.75, 3.05) is 139 Å². The van der Waals surface area contributed by atoms with Gasteiger partial charge in [0.05, 0.1) is 53.9 Å². The van der Waals surface area contributed by atoms with E-state index in [1.165, 1.54) is 145 Å². The van der Waals surface area contributed by atoms with Gasteiger partial charge in [0.1, 0.15) is 30.5 Å². The highest BCUT2D eigenvalue weighted by atomic mass is 19.4. The number of hydrogen-bond donors (Lipinski definition) is 5. The molecule has 0 spiro atoms. The van der Waals surface area contributed by atoms with E-state index >= 15 is 0 Å². The molecule has 4 saturated heterocycles. The molecule has 0 saturated carbocycles. The number of methoxy groups -OCH3 is 1. The third kappa shape index (κ3) is 26.2. The zero-order valence-electron chi connectivity index (χ0n) is 79.9. The van der Waals surface area contributed by atoms with Crippen LogP contribution < -0.4 is 40.4 Å². The fraction of sp³-hybridized carbons (Fsp3) is 0.297. The number of amides is 2. The zero-order chi connectivity index (χ0) is 96.6. The summed E-state index contributed by atoms with van der Waals surface area (Å²) in [7, 11) is 5.74. The number of halogens is 3. The quantitative estimate of drug-likeness (QED) is 0.0256. The van der Waals surface area contributed by atoms with Gasteiger partial charge in [0.2, 0.25) is 11.9 Å². The van der Waals surface area contributed by atoms with E-state index in [1.54, 1.807) is 36.0 Å². The summed E-state index contributed by atoms with van der Waals surface area (Å²) in [5.74, 6) is 5.06. The number of alkyl halides is 3. The zero-order valence-corrected chi connectivity index (χ0v) is 79.9. The number of hydrogen-bond acceptors (Lipinski definition) is 21. The number of aliphatic hydroxyl groups is 1. The van der Waals surface area contributed by atoms with Crippen LogP contribution in [0.2, 0.25) is 0 Å². The summed E-state index contributed by atoms with van der Waals surface area (Å²) in [6, 6.07) is 88.2. The second-order valence-electron chi connectivity index (χ2n) is 36.2. The lowest BCUT2D eigenvalue weighted by molar-refractivity contribution is -0.137. The van der Waals surface area contributed by atoms with Crippen LogP contribution in [0.3, 0.4) is 0 Å². The summed E-state index contributed by atoms with van der Waals surface area (Å²) in [6.07, 6.45) is 13.9. The smallest absolute Gasteiger partial charge is 0.416 e. The Hall–Kier alpha value is -15.0. The molecule has 13 heterocycles. The number of rotatable bonds is 33. The average Bonchev–Trinajstić information content (AvgIpc) is 1.67. The van der Waals surface area contributed by atoms with Crippen LogP contribution >= 0.6 is 0 Å². The number of pyridine rings is 5. The Morgan fingerprint density at radius 2 is 0.787 bits per heavy atom. The first-order valence-electron chi connectivity index (χ1n) is 48.8. The van der Waals surface area contributed by atoms with Crippen LogP contribution in [0.15, 0.2) is 285 Å². The molecular formula is C111H119F3N22O5. The standard InChI is InChI=1S/C32H30F3N7O2.C27H32N6.C26H29N5O.C26H28N4O2/c33-32(34,35)23-7-4-9-26(21-23)38-31(43)37-25-8-3-6-22(20-25)28-10-5-11-29-39-30(40-42(28)29)36-24-12-14-27(15-13-24)44-19-18-41-16-1-2-17-41;1-31(2)24-10-5-9-22(20-24)25-11-6-12-26-29-27(30-33(25)26)28-23-15-13-21(14-16-23)8-7-19-32-17-3-4-18-32;1-32-22-13-14-23(27-19-22)24-7-4-8-26-28-25(29-31(24)26)18-21-11-9-20(10-12-21)6-5-17-30-15-2-3-16-30;31-19-21-6-10-22(11-7-21)24-4-3-5-26-27-25(28-30(24)26)18-20-8-12-23(13-9-20)32-17-16-29-14-1-2-15-29/h3-15,20-21H,1-2,16-19H2,(H,36,40)(H2,37,38,43);5-6,9-16,20H,3-4,7-8,17-19H2,1-2H3,(H,28,30);4,7-14,19H,2-3,5-6,15-18H2,1H3;3-13,31H,1-2,14-19H2. The Labute approximate surface area is 819 Å². The first kappa shape index (κ1) is 96.3. The van der Waals surface area contributed by atoms with E-state index in [0.717, 1.165) is 177 Å². The maximum atomic E-state index is 13.0. The van der Waals surface area contributed by atoms with E-state index in [4.69, 9.17) is 44.5 Å². The molecule has 0 atom stereocenters. The van der Waals surface area contributed by atoms with Crippen LogP contribution in [-0.2, 0) is 38.5 Å². The van der Waals surface area contributed by atoms with E-state index in [-0.39, 0.29) is 12.3 Å². The van der Waals surface area contributed by atoms with E-state index in [0.29, 0.717) is 42.7 Å². The number of likely N-dealkylation sites (tertiary alicyclic amines) is 4. The summed E-state index contributed by atoms with van der Waals surface area (Å²) in [4.78, 5) is 47.9. The summed E-state index contributed by atoms with van der Waals surface area (Å²) >= 11 is 0. The number of ether oxygens (including phenoxy) is 3. The average molecular weight is 1900 g/mol. The van der Waals surface area contributed by atoms with Crippen LogP contribution in [0.25, 0.3) is 67.7 Å². The molecule has 0 aliphatic carbocycles. The Morgan fingerprint density at radius 3 is 1.27 bits per heavy atom. The van der Waals surface area contributed by atoms with Gasteiger partial charge in [-0.1, -0.05) is 127 Å². The van der Waals surface area contributed by atoms with Crippen LogP contribution in [-0.4, -0.2) is 207 Å². The highest BCUT2D eigenvalue weighted by Crippen LogP contribution is 2.34. The summed E-state index contributed by atoms with van der Waals surface area (Å²) < 4.78 is 63.4. The Balaban J connectivity index is 0.000000125. The van der Waals surface area contributed by atoms with Crippen LogP contribution in [0.1, 0.15) is 109 Å². The number of fused-ring (bicyclic) bond motifs is 4. The Kier molecular flexibility index (Phi) is 31.9. The van der Waals surface area contributed by atoms with E-state index in [2.05, 4.69) is 166 Å². The second kappa shape index (κ2) is 46.7. The van der Waals surface area contributed by atoms with Gasteiger partial charge < -0.3 is 55.3 Å². The minimum Gasteiger partial charge on any atom is -0.495 e.